The van der Waals surface area contributed by atoms with Crippen molar-refractivity contribution in [2.45, 2.75) is 19.5 Å². The molecule has 8 heteroatoms. The van der Waals surface area contributed by atoms with Crippen molar-refractivity contribution in [2.75, 3.05) is 19.9 Å². The summed E-state index contributed by atoms with van der Waals surface area (Å²) in [4.78, 5) is 12.3. The van der Waals surface area contributed by atoms with Gasteiger partial charge in [-0.3, -0.25) is 4.79 Å². The fraction of sp³-hybridized carbons (Fsp3) is 0.316. The molecule has 0 fully saturated rings. The van der Waals surface area contributed by atoms with Gasteiger partial charge in [0.15, 0.2) is 0 Å². The van der Waals surface area contributed by atoms with Crippen LogP contribution in [0.15, 0.2) is 48.5 Å². The smallest absolute Gasteiger partial charge is 0.235 e. The predicted molar refractivity (Wildman–Crippen MR) is 101 cm³/mol. The van der Waals surface area contributed by atoms with Gasteiger partial charge in [-0.1, -0.05) is 30.3 Å². The quantitative estimate of drug-likeness (QED) is 0.746. The van der Waals surface area contributed by atoms with E-state index in [1.54, 1.807) is 32.2 Å². The molecule has 0 heterocycles. The van der Waals surface area contributed by atoms with E-state index in [1.165, 1.54) is 18.2 Å². The summed E-state index contributed by atoms with van der Waals surface area (Å²) in [5, 5.41) is 2.76. The van der Waals surface area contributed by atoms with Crippen LogP contribution < -0.4 is 10.1 Å². The second-order valence-electron chi connectivity index (χ2n) is 6.18. The molecule has 1 amide bonds. The first kappa shape index (κ1) is 20.9. The molecule has 1 atom stereocenters. The molecule has 2 rings (SSSR count). The SMILES string of the molecule is COc1ccc([C@H](C)NC(=O)CN(Cc2ccccc2F)S(C)(=O)=O)cc1. The number of benzene rings is 2. The minimum absolute atomic E-state index is 0.207. The van der Waals surface area contributed by atoms with Gasteiger partial charge in [-0.15, -0.1) is 0 Å². The van der Waals surface area contributed by atoms with Crippen molar-refractivity contribution in [3.63, 3.8) is 0 Å². The van der Waals surface area contributed by atoms with Crippen LogP contribution in [0.3, 0.4) is 0 Å². The molecule has 27 heavy (non-hydrogen) atoms. The molecule has 0 saturated heterocycles. The lowest BCUT2D eigenvalue weighted by Gasteiger charge is -2.21. The van der Waals surface area contributed by atoms with E-state index in [1.807, 2.05) is 12.1 Å². The van der Waals surface area contributed by atoms with E-state index < -0.39 is 28.3 Å². The molecule has 2 aromatic carbocycles. The van der Waals surface area contributed by atoms with E-state index in [-0.39, 0.29) is 18.2 Å². The summed E-state index contributed by atoms with van der Waals surface area (Å²) in [6.07, 6.45) is 0.994. The molecule has 0 aromatic heterocycles. The number of carbonyl (C=O) groups excluding carboxylic acids is 1. The zero-order valence-electron chi connectivity index (χ0n) is 15.5. The predicted octanol–water partition coefficient (Wildman–Crippen LogP) is 2.47. The van der Waals surface area contributed by atoms with E-state index in [9.17, 15) is 17.6 Å². The number of methoxy groups -OCH3 is 1. The number of hydrogen-bond acceptors (Lipinski definition) is 4. The fourth-order valence-corrected chi connectivity index (χ4v) is 3.26. The highest BCUT2D eigenvalue weighted by molar-refractivity contribution is 7.88. The number of ether oxygens (including phenoxy) is 1. The third-order valence-corrected chi connectivity index (χ3v) is 5.28. The molecule has 0 saturated carbocycles. The highest BCUT2D eigenvalue weighted by atomic mass is 32.2. The van der Waals surface area contributed by atoms with Crippen molar-refractivity contribution in [1.29, 1.82) is 0 Å². The first-order chi connectivity index (χ1) is 12.7. The number of nitrogens with one attached hydrogen (secondary N) is 1. The number of nitrogens with zero attached hydrogens (tertiary/aromatic N) is 1. The van der Waals surface area contributed by atoms with Crippen molar-refractivity contribution >= 4 is 15.9 Å². The third kappa shape index (κ3) is 6.04. The van der Waals surface area contributed by atoms with Gasteiger partial charge in [0.05, 0.1) is 26.0 Å². The Hall–Kier alpha value is -2.45. The van der Waals surface area contributed by atoms with Gasteiger partial charge in [0.25, 0.3) is 0 Å². The second kappa shape index (κ2) is 8.96. The minimum Gasteiger partial charge on any atom is -0.497 e. The number of rotatable bonds is 8. The highest BCUT2D eigenvalue weighted by Crippen LogP contribution is 2.17. The Bertz CT molecular complexity index is 885. The van der Waals surface area contributed by atoms with Crippen LogP contribution in [-0.4, -0.2) is 38.5 Å². The standard InChI is InChI=1S/C19H23FN2O4S/c1-14(15-8-10-17(26-2)11-9-15)21-19(23)13-22(27(3,24)25)12-16-6-4-5-7-18(16)20/h4-11,14H,12-13H2,1-3H3,(H,21,23)/t14-/m0/s1. The van der Waals surface area contributed by atoms with E-state index in [2.05, 4.69) is 5.32 Å². The molecule has 146 valence electrons. The van der Waals surface area contributed by atoms with Gasteiger partial charge in [-0.2, -0.15) is 4.31 Å². The molecule has 2 aromatic rings. The Morgan fingerprint density at radius 3 is 2.37 bits per heavy atom. The third-order valence-electron chi connectivity index (χ3n) is 4.09. The Balaban J connectivity index is 2.06. The van der Waals surface area contributed by atoms with Gasteiger partial charge in [0.2, 0.25) is 15.9 Å². The van der Waals surface area contributed by atoms with Crippen LogP contribution >= 0.6 is 0 Å². The van der Waals surface area contributed by atoms with Crippen molar-refractivity contribution in [1.82, 2.24) is 9.62 Å². The molecule has 1 N–H and O–H groups in total. The number of sulfonamides is 1. The van der Waals surface area contributed by atoms with E-state index in [4.69, 9.17) is 4.74 Å². The molecule has 0 radical (unpaired) electrons. The zero-order chi connectivity index (χ0) is 20.0. The second-order valence-corrected chi connectivity index (χ2v) is 8.17. The van der Waals surface area contributed by atoms with Crippen LogP contribution in [0.4, 0.5) is 4.39 Å². The van der Waals surface area contributed by atoms with E-state index in [0.29, 0.717) is 5.75 Å². The molecular formula is C19H23FN2O4S. The van der Waals surface area contributed by atoms with Crippen molar-refractivity contribution in [3.05, 3.63) is 65.5 Å². The minimum atomic E-state index is -3.70. The molecule has 0 bridgehead atoms. The Kier molecular flexibility index (Phi) is 6.92. The topological polar surface area (TPSA) is 75.7 Å². The summed E-state index contributed by atoms with van der Waals surface area (Å²) in [7, 11) is -2.13. The molecule has 0 spiro atoms. The monoisotopic (exact) mass is 394 g/mol. The van der Waals surface area contributed by atoms with Crippen LogP contribution in [0.1, 0.15) is 24.1 Å². The fourth-order valence-electron chi connectivity index (χ4n) is 2.53. The summed E-state index contributed by atoms with van der Waals surface area (Å²) >= 11 is 0. The van der Waals surface area contributed by atoms with Crippen LogP contribution in [-0.2, 0) is 21.4 Å². The average molecular weight is 394 g/mol. The van der Waals surface area contributed by atoms with Crippen LogP contribution in [0.25, 0.3) is 0 Å². The highest BCUT2D eigenvalue weighted by Gasteiger charge is 2.22. The molecule has 0 unspecified atom stereocenters. The maximum atomic E-state index is 13.8. The van der Waals surface area contributed by atoms with Gasteiger partial charge in [0, 0.05) is 12.1 Å². The van der Waals surface area contributed by atoms with Gasteiger partial charge in [0.1, 0.15) is 11.6 Å². The first-order valence-electron chi connectivity index (χ1n) is 8.32. The van der Waals surface area contributed by atoms with Crippen molar-refractivity contribution in [2.24, 2.45) is 0 Å². The van der Waals surface area contributed by atoms with Crippen LogP contribution in [0.5, 0.6) is 5.75 Å². The number of carbonyl (C=O) groups is 1. The lowest BCUT2D eigenvalue weighted by molar-refractivity contribution is -0.122. The van der Waals surface area contributed by atoms with Gasteiger partial charge >= 0.3 is 0 Å². The van der Waals surface area contributed by atoms with Gasteiger partial charge < -0.3 is 10.1 Å². The number of halogens is 1. The lowest BCUT2D eigenvalue weighted by atomic mass is 10.1. The van der Waals surface area contributed by atoms with Crippen LogP contribution in [0, 0.1) is 5.82 Å². The summed E-state index contributed by atoms with van der Waals surface area (Å²) < 4.78 is 43.9. The maximum absolute atomic E-state index is 13.8. The molecule has 0 aliphatic rings. The van der Waals surface area contributed by atoms with Crippen molar-refractivity contribution in [3.8, 4) is 5.75 Å². The summed E-state index contributed by atoms with van der Waals surface area (Å²) in [5.74, 6) is -0.288. The van der Waals surface area contributed by atoms with Gasteiger partial charge in [-0.05, 0) is 30.7 Å². The van der Waals surface area contributed by atoms with E-state index >= 15 is 0 Å². The molecular weight excluding hydrogens is 371 g/mol. The Morgan fingerprint density at radius 1 is 1.19 bits per heavy atom. The first-order valence-corrected chi connectivity index (χ1v) is 10.2. The maximum Gasteiger partial charge on any atom is 0.235 e. The number of hydrogen-bond donors (Lipinski definition) is 1. The summed E-state index contributed by atoms with van der Waals surface area (Å²) in [5.41, 5.74) is 1.06. The lowest BCUT2D eigenvalue weighted by Crippen LogP contribution is -2.40. The van der Waals surface area contributed by atoms with Crippen molar-refractivity contribution < 1.29 is 22.3 Å². The van der Waals surface area contributed by atoms with Crippen LogP contribution in [0.2, 0.25) is 0 Å². The largest absolute Gasteiger partial charge is 0.497 e. The molecule has 0 aliphatic heterocycles. The normalized spacial score (nSPS) is 12.6. The van der Waals surface area contributed by atoms with E-state index in [0.717, 1.165) is 16.1 Å². The Morgan fingerprint density at radius 2 is 1.81 bits per heavy atom. The molecule has 0 aliphatic carbocycles. The van der Waals surface area contributed by atoms with Gasteiger partial charge in [-0.25, -0.2) is 12.8 Å². The Labute approximate surface area is 159 Å². The summed E-state index contributed by atoms with van der Waals surface area (Å²) in [6.45, 7) is 1.19. The zero-order valence-corrected chi connectivity index (χ0v) is 16.3. The average Bonchev–Trinajstić information content (AvgIpc) is 2.62. The molecule has 6 nitrogen and oxygen atoms in total. The number of amides is 1. The summed E-state index contributed by atoms with van der Waals surface area (Å²) in [6, 6.07) is 12.7.